The minimum Gasteiger partial charge on any atom is -0.445 e. The Morgan fingerprint density at radius 1 is 1.31 bits per heavy atom. The SMILES string of the molecule is F[B-](F)(F)/C=C/c1cc(C2CC2)ccn1.[K+]. The molecule has 1 aromatic rings. The molecule has 0 radical (unpaired) electrons. The molecule has 1 heterocycles. The van der Waals surface area contributed by atoms with Crippen LogP contribution in [0.15, 0.2) is 24.3 Å². The molecule has 0 spiro atoms. The normalized spacial score (nSPS) is 16.2. The molecule has 6 heteroatoms. The number of hydrogen-bond donors (Lipinski definition) is 0. The van der Waals surface area contributed by atoms with E-state index in [1.165, 1.54) is 0 Å². The fourth-order valence-corrected chi connectivity index (χ4v) is 1.43. The van der Waals surface area contributed by atoms with Crippen molar-refractivity contribution in [1.29, 1.82) is 0 Å². The van der Waals surface area contributed by atoms with E-state index >= 15 is 0 Å². The van der Waals surface area contributed by atoms with Crippen molar-refractivity contribution >= 4 is 13.1 Å². The van der Waals surface area contributed by atoms with Crippen molar-refractivity contribution in [2.75, 3.05) is 0 Å². The van der Waals surface area contributed by atoms with E-state index in [1.54, 1.807) is 12.3 Å². The number of hydrogen-bond acceptors (Lipinski definition) is 1. The molecule has 1 nitrogen and oxygen atoms in total. The predicted octanol–water partition coefficient (Wildman–Crippen LogP) is 0.363. The Morgan fingerprint density at radius 3 is 2.56 bits per heavy atom. The summed E-state index contributed by atoms with van der Waals surface area (Å²) in [4.78, 5) is 3.88. The molecule has 0 aliphatic heterocycles. The monoisotopic (exact) mass is 251 g/mol. The summed E-state index contributed by atoms with van der Waals surface area (Å²) in [6, 6.07) is 3.60. The van der Waals surface area contributed by atoms with Crippen LogP contribution in [0.2, 0.25) is 0 Å². The van der Waals surface area contributed by atoms with Crippen molar-refractivity contribution in [3.05, 3.63) is 35.6 Å². The van der Waals surface area contributed by atoms with Gasteiger partial charge in [0.05, 0.1) is 5.69 Å². The molecule has 0 amide bonds. The van der Waals surface area contributed by atoms with Crippen LogP contribution in [0.3, 0.4) is 0 Å². The van der Waals surface area contributed by atoms with Gasteiger partial charge in [-0.25, -0.2) is 0 Å². The molecule has 0 aromatic carbocycles. The van der Waals surface area contributed by atoms with Crippen LogP contribution in [0.5, 0.6) is 0 Å². The number of halogens is 3. The van der Waals surface area contributed by atoms with Crippen LogP contribution in [0.25, 0.3) is 6.08 Å². The molecule has 80 valence electrons. The zero-order valence-corrected chi connectivity index (χ0v) is 12.2. The Balaban J connectivity index is 0.00000128. The second-order valence-corrected chi connectivity index (χ2v) is 3.77. The molecule has 16 heavy (non-hydrogen) atoms. The third kappa shape index (κ3) is 4.71. The summed E-state index contributed by atoms with van der Waals surface area (Å²) in [5, 5.41) is 0. The van der Waals surface area contributed by atoms with E-state index in [4.69, 9.17) is 0 Å². The van der Waals surface area contributed by atoms with Crippen molar-refractivity contribution in [2.24, 2.45) is 0 Å². The van der Waals surface area contributed by atoms with Gasteiger partial charge in [-0.15, -0.1) is 5.98 Å². The molecule has 1 aliphatic carbocycles. The molecule has 1 fully saturated rings. The van der Waals surface area contributed by atoms with Gasteiger partial charge < -0.3 is 12.9 Å². The number of aromatic nitrogens is 1. The van der Waals surface area contributed by atoms with Crippen LogP contribution >= 0.6 is 0 Å². The summed E-state index contributed by atoms with van der Waals surface area (Å²) in [6.07, 6.45) is 4.87. The van der Waals surface area contributed by atoms with Gasteiger partial charge >= 0.3 is 58.4 Å². The summed E-state index contributed by atoms with van der Waals surface area (Å²) < 4.78 is 35.9. The van der Waals surface area contributed by atoms with Gasteiger partial charge in [0.15, 0.2) is 0 Å². The Hall–Kier alpha value is 0.381. The van der Waals surface area contributed by atoms with E-state index < -0.39 is 6.98 Å². The second kappa shape index (κ2) is 5.82. The van der Waals surface area contributed by atoms with Gasteiger partial charge in [-0.1, -0.05) is 6.08 Å². The van der Waals surface area contributed by atoms with E-state index in [1.807, 2.05) is 6.07 Å². The van der Waals surface area contributed by atoms with Gasteiger partial charge in [0.25, 0.3) is 0 Å². The van der Waals surface area contributed by atoms with Crippen LogP contribution in [0.1, 0.15) is 30.0 Å². The molecular weight excluding hydrogens is 241 g/mol. The molecule has 0 N–H and O–H groups in total. The van der Waals surface area contributed by atoms with Crippen molar-refractivity contribution in [1.82, 2.24) is 4.98 Å². The molecule has 0 saturated heterocycles. The van der Waals surface area contributed by atoms with E-state index in [0.717, 1.165) is 24.5 Å². The third-order valence-corrected chi connectivity index (χ3v) is 2.34. The summed E-state index contributed by atoms with van der Waals surface area (Å²) >= 11 is 0. The first-order valence-electron chi connectivity index (χ1n) is 4.90. The third-order valence-electron chi connectivity index (χ3n) is 2.34. The van der Waals surface area contributed by atoms with E-state index in [2.05, 4.69) is 4.98 Å². The zero-order valence-electron chi connectivity index (χ0n) is 9.04. The van der Waals surface area contributed by atoms with Crippen molar-refractivity contribution in [2.45, 2.75) is 18.8 Å². The van der Waals surface area contributed by atoms with Crippen LogP contribution in [-0.2, 0) is 0 Å². The molecule has 2 rings (SSSR count). The standard InChI is InChI=1S/C10H10BF3N.K/c12-11(13,14)5-3-10-7-9(4-6-15-10)8-1-2-8;/h3-8H,1-2H2;/q-1;+1/b5-3+;. The molecule has 0 unspecified atom stereocenters. The topological polar surface area (TPSA) is 12.9 Å². The number of pyridine rings is 1. The summed E-state index contributed by atoms with van der Waals surface area (Å²) in [6.45, 7) is -4.86. The zero-order chi connectivity index (χ0) is 10.9. The molecular formula is C10H10BF3KN. The molecule has 0 bridgehead atoms. The van der Waals surface area contributed by atoms with Gasteiger partial charge in [-0.2, -0.15) is 0 Å². The Kier molecular flexibility index (Phi) is 5.25. The fourth-order valence-electron chi connectivity index (χ4n) is 1.43. The Bertz CT molecular complexity index is 388. The molecule has 1 aromatic heterocycles. The first kappa shape index (κ1) is 14.4. The maximum Gasteiger partial charge on any atom is 1.00 e. The van der Waals surface area contributed by atoms with Gasteiger partial charge in [0, 0.05) is 6.20 Å². The van der Waals surface area contributed by atoms with Crippen molar-refractivity contribution < 1.29 is 64.3 Å². The first-order valence-corrected chi connectivity index (χ1v) is 4.90. The van der Waals surface area contributed by atoms with Gasteiger partial charge in [0.1, 0.15) is 0 Å². The predicted molar refractivity (Wildman–Crippen MR) is 54.3 cm³/mol. The number of rotatable bonds is 3. The second-order valence-electron chi connectivity index (χ2n) is 3.77. The minimum absolute atomic E-state index is 0. The largest absolute Gasteiger partial charge is 1.00 e. The van der Waals surface area contributed by atoms with Crippen LogP contribution in [0.4, 0.5) is 12.9 Å². The molecule has 0 atom stereocenters. The molecule has 1 saturated carbocycles. The quantitative estimate of drug-likeness (QED) is 0.707. The smallest absolute Gasteiger partial charge is 0.445 e. The minimum atomic E-state index is -4.86. The average molecular weight is 251 g/mol. The Labute approximate surface area is 135 Å². The van der Waals surface area contributed by atoms with Gasteiger partial charge in [-0.05, 0) is 36.5 Å². The summed E-state index contributed by atoms with van der Waals surface area (Å²) in [5.41, 5.74) is 1.48. The summed E-state index contributed by atoms with van der Waals surface area (Å²) in [5.74, 6) is 0.815. The Morgan fingerprint density at radius 2 is 2.00 bits per heavy atom. The van der Waals surface area contributed by atoms with Gasteiger partial charge in [0.2, 0.25) is 0 Å². The van der Waals surface area contributed by atoms with Crippen LogP contribution in [0, 0.1) is 0 Å². The van der Waals surface area contributed by atoms with Crippen molar-refractivity contribution in [3.63, 3.8) is 0 Å². The first-order chi connectivity index (χ1) is 7.04. The van der Waals surface area contributed by atoms with E-state index in [-0.39, 0.29) is 57.4 Å². The maximum atomic E-state index is 12.0. The molecule has 1 aliphatic rings. The van der Waals surface area contributed by atoms with E-state index in [0.29, 0.717) is 11.6 Å². The summed E-state index contributed by atoms with van der Waals surface area (Å²) in [7, 11) is 0. The fraction of sp³-hybridized carbons (Fsp3) is 0.300. The van der Waals surface area contributed by atoms with Gasteiger partial charge in [-0.3, -0.25) is 4.98 Å². The average Bonchev–Trinajstić information content (AvgIpc) is 2.97. The van der Waals surface area contributed by atoms with Crippen LogP contribution < -0.4 is 51.4 Å². The van der Waals surface area contributed by atoms with E-state index in [9.17, 15) is 12.9 Å². The maximum absolute atomic E-state index is 12.0. The van der Waals surface area contributed by atoms with Crippen molar-refractivity contribution in [3.8, 4) is 0 Å². The number of nitrogens with zero attached hydrogens (tertiary/aromatic N) is 1. The van der Waals surface area contributed by atoms with Crippen LogP contribution in [-0.4, -0.2) is 12.0 Å².